The van der Waals surface area contributed by atoms with Gasteiger partial charge in [0.05, 0.1) is 28.7 Å². The van der Waals surface area contributed by atoms with Crippen molar-refractivity contribution in [2.45, 2.75) is 34.5 Å². The van der Waals surface area contributed by atoms with Gasteiger partial charge in [0.15, 0.2) is 11.8 Å². The van der Waals surface area contributed by atoms with Gasteiger partial charge in [-0.25, -0.2) is 22.2 Å². The smallest absolute Gasteiger partial charge is 0.344 e. The van der Waals surface area contributed by atoms with Crippen LogP contribution in [0.25, 0.3) is 16.7 Å². The number of hydrogen-bond acceptors (Lipinski definition) is 10. The highest BCUT2D eigenvalue weighted by molar-refractivity contribution is 7.99. The van der Waals surface area contributed by atoms with Crippen LogP contribution in [0.4, 0.5) is 0 Å². The van der Waals surface area contributed by atoms with Gasteiger partial charge in [0.1, 0.15) is 18.1 Å². The third-order valence-corrected chi connectivity index (χ3v) is 11.4. The molecule has 0 spiro atoms. The first-order chi connectivity index (χ1) is 23.7. The monoisotopic (exact) mass is 714 g/mol. The topological polar surface area (TPSA) is 115 Å². The molecule has 49 heavy (non-hydrogen) atoms. The maximum absolute atomic E-state index is 14.3. The SMILES string of the molecule is COc1ccnc(CSc2nc3ccc(-n4cccc4)cc3n2S(=O)(=O)c2ccc(OCC(=O)OCCSc3ccc(C)cc3)cc2)c1C. The van der Waals surface area contributed by atoms with Crippen molar-refractivity contribution in [1.82, 2.24) is 18.5 Å². The fourth-order valence-electron chi connectivity index (χ4n) is 5.02. The summed E-state index contributed by atoms with van der Waals surface area (Å²) >= 11 is 2.88. The molecule has 0 atom stereocenters. The summed E-state index contributed by atoms with van der Waals surface area (Å²) in [5, 5.41) is 0.298. The number of hydrogen-bond donors (Lipinski definition) is 0. The second-order valence-electron chi connectivity index (χ2n) is 10.9. The number of rotatable bonds is 14. The number of ether oxygens (including phenoxy) is 3. The van der Waals surface area contributed by atoms with Crippen molar-refractivity contribution in [3.8, 4) is 17.2 Å². The van der Waals surface area contributed by atoms with Crippen molar-refractivity contribution in [2.24, 2.45) is 0 Å². The van der Waals surface area contributed by atoms with E-state index in [1.807, 2.05) is 79.3 Å². The molecule has 13 heteroatoms. The second-order valence-corrected chi connectivity index (χ2v) is 14.8. The average Bonchev–Trinajstić information content (AvgIpc) is 3.78. The number of benzene rings is 3. The Balaban J connectivity index is 1.18. The number of imidazole rings is 1. The lowest BCUT2D eigenvalue weighted by molar-refractivity contribution is -0.145. The quantitative estimate of drug-likeness (QED) is 0.0658. The highest BCUT2D eigenvalue weighted by atomic mass is 32.2. The normalized spacial score (nSPS) is 11.5. The van der Waals surface area contributed by atoms with E-state index in [0.717, 1.165) is 21.8 Å². The second kappa shape index (κ2) is 15.2. The number of fused-ring (bicyclic) bond motifs is 1. The predicted octanol–water partition coefficient (Wildman–Crippen LogP) is 7.09. The van der Waals surface area contributed by atoms with E-state index in [0.29, 0.717) is 39.2 Å². The van der Waals surface area contributed by atoms with Gasteiger partial charge in [0.25, 0.3) is 10.0 Å². The van der Waals surface area contributed by atoms with Gasteiger partial charge in [-0.2, -0.15) is 0 Å². The van der Waals surface area contributed by atoms with E-state index in [4.69, 9.17) is 19.2 Å². The number of pyridine rings is 1. The van der Waals surface area contributed by atoms with Crippen LogP contribution in [0.2, 0.25) is 0 Å². The van der Waals surface area contributed by atoms with E-state index in [2.05, 4.69) is 4.98 Å². The van der Waals surface area contributed by atoms with Gasteiger partial charge in [0.2, 0.25) is 0 Å². The lowest BCUT2D eigenvalue weighted by Crippen LogP contribution is -2.16. The Morgan fingerprint density at radius 2 is 1.67 bits per heavy atom. The average molecular weight is 715 g/mol. The molecule has 0 amide bonds. The lowest BCUT2D eigenvalue weighted by Gasteiger charge is -2.13. The van der Waals surface area contributed by atoms with E-state index < -0.39 is 16.0 Å². The molecule has 3 aromatic heterocycles. The summed E-state index contributed by atoms with van der Waals surface area (Å²) in [7, 11) is -2.52. The first-order valence-electron chi connectivity index (χ1n) is 15.3. The molecule has 0 unspecified atom stereocenters. The van der Waals surface area contributed by atoms with E-state index >= 15 is 0 Å². The summed E-state index contributed by atoms with van der Waals surface area (Å²) in [4.78, 5) is 22.6. The van der Waals surface area contributed by atoms with Crippen molar-refractivity contribution in [3.63, 3.8) is 0 Å². The van der Waals surface area contributed by atoms with Crippen LogP contribution in [0.3, 0.4) is 0 Å². The van der Waals surface area contributed by atoms with Crippen molar-refractivity contribution < 1.29 is 27.4 Å². The molecule has 10 nitrogen and oxygen atoms in total. The number of nitrogens with zero attached hydrogens (tertiary/aromatic N) is 4. The van der Waals surface area contributed by atoms with Gasteiger partial charge >= 0.3 is 5.97 Å². The predicted molar refractivity (Wildman–Crippen MR) is 192 cm³/mol. The largest absolute Gasteiger partial charge is 0.496 e. The minimum atomic E-state index is -4.12. The molecular formula is C36H34N4O6S3. The van der Waals surface area contributed by atoms with Gasteiger partial charge < -0.3 is 18.8 Å². The standard InChI is InChI=1S/C36H34N4O6S3/c1-25-6-11-29(12-7-25)47-21-20-45-35(41)23-46-28-9-13-30(14-10-28)49(42,43)40-33-22-27(39-18-4-5-19-39)8-15-31(33)38-36(40)48-24-32-26(2)34(44-3)16-17-37-32/h4-19,22H,20-21,23-24H2,1-3H3. The fraction of sp³-hybridized carbons (Fsp3) is 0.194. The van der Waals surface area contributed by atoms with Crippen LogP contribution in [-0.4, -0.2) is 59.0 Å². The van der Waals surface area contributed by atoms with Crippen LogP contribution in [0.15, 0.2) is 118 Å². The number of aryl methyl sites for hydroxylation is 1. The van der Waals surface area contributed by atoms with Gasteiger partial charge in [-0.1, -0.05) is 29.5 Å². The Bertz CT molecular complexity index is 2170. The molecule has 3 aromatic carbocycles. The zero-order valence-electron chi connectivity index (χ0n) is 27.1. The van der Waals surface area contributed by atoms with Crippen LogP contribution < -0.4 is 9.47 Å². The van der Waals surface area contributed by atoms with E-state index in [9.17, 15) is 13.2 Å². The van der Waals surface area contributed by atoms with E-state index in [1.165, 1.54) is 45.6 Å². The summed E-state index contributed by atoms with van der Waals surface area (Å²) in [6, 6.07) is 25.2. The molecule has 0 saturated carbocycles. The van der Waals surface area contributed by atoms with Gasteiger partial charge in [-0.05, 0) is 86.6 Å². The molecule has 6 rings (SSSR count). The molecule has 3 heterocycles. The molecule has 0 N–H and O–H groups in total. The summed E-state index contributed by atoms with van der Waals surface area (Å²) in [6.45, 7) is 3.90. The molecule has 0 aliphatic heterocycles. The van der Waals surface area contributed by atoms with Crippen molar-refractivity contribution in [3.05, 3.63) is 120 Å². The van der Waals surface area contributed by atoms with Gasteiger partial charge in [-0.3, -0.25) is 4.98 Å². The summed E-state index contributed by atoms with van der Waals surface area (Å²) in [6.07, 6.45) is 5.45. The lowest BCUT2D eigenvalue weighted by atomic mass is 10.2. The van der Waals surface area contributed by atoms with E-state index in [-0.39, 0.29) is 18.1 Å². The van der Waals surface area contributed by atoms with Crippen LogP contribution in [0, 0.1) is 13.8 Å². The first kappa shape index (κ1) is 34.2. The molecule has 0 bridgehead atoms. The molecule has 252 valence electrons. The first-order valence-corrected chi connectivity index (χ1v) is 18.7. The summed E-state index contributed by atoms with van der Waals surface area (Å²) in [5.41, 5.74) is 4.59. The summed E-state index contributed by atoms with van der Waals surface area (Å²) < 4.78 is 48.1. The van der Waals surface area contributed by atoms with Crippen LogP contribution >= 0.6 is 23.5 Å². The van der Waals surface area contributed by atoms with Gasteiger partial charge in [0, 0.05) is 46.2 Å². The number of aromatic nitrogens is 4. The Labute approximate surface area is 293 Å². The van der Waals surface area contributed by atoms with Crippen molar-refractivity contribution >= 4 is 50.5 Å². The minimum Gasteiger partial charge on any atom is -0.496 e. The highest BCUT2D eigenvalue weighted by Gasteiger charge is 2.26. The van der Waals surface area contributed by atoms with Crippen LogP contribution in [-0.2, 0) is 25.3 Å². The zero-order chi connectivity index (χ0) is 34.4. The van der Waals surface area contributed by atoms with Crippen LogP contribution in [0.5, 0.6) is 11.5 Å². The molecule has 0 radical (unpaired) electrons. The molecule has 0 aliphatic carbocycles. The Kier molecular flexibility index (Phi) is 10.6. The summed E-state index contributed by atoms with van der Waals surface area (Å²) in [5.74, 6) is 1.53. The third kappa shape index (κ3) is 7.96. The third-order valence-electron chi connectivity index (χ3n) is 7.64. The van der Waals surface area contributed by atoms with Gasteiger partial charge in [-0.15, -0.1) is 11.8 Å². The van der Waals surface area contributed by atoms with Crippen molar-refractivity contribution in [1.29, 1.82) is 0 Å². The molecule has 0 aliphatic rings. The van der Waals surface area contributed by atoms with Crippen LogP contribution in [0.1, 0.15) is 16.8 Å². The number of esters is 1. The molecule has 6 aromatic rings. The molecular weight excluding hydrogens is 681 g/mol. The molecule has 0 fully saturated rings. The van der Waals surface area contributed by atoms with E-state index in [1.54, 1.807) is 37.2 Å². The Morgan fingerprint density at radius 1 is 0.918 bits per heavy atom. The van der Waals surface area contributed by atoms with Crippen molar-refractivity contribution in [2.75, 3.05) is 26.1 Å². The number of carbonyl (C=O) groups is 1. The zero-order valence-corrected chi connectivity index (χ0v) is 29.6. The fourth-order valence-corrected chi connectivity index (χ4v) is 8.48. The maximum atomic E-state index is 14.3. The molecule has 0 saturated heterocycles. The Morgan fingerprint density at radius 3 is 2.41 bits per heavy atom. The number of methoxy groups -OCH3 is 1. The minimum absolute atomic E-state index is 0.0405. The number of carbonyl (C=O) groups excluding carboxylic acids is 1. The maximum Gasteiger partial charge on any atom is 0.344 e. The number of thioether (sulfide) groups is 2. The highest BCUT2D eigenvalue weighted by Crippen LogP contribution is 2.33. The Hall–Kier alpha value is -4.72.